The van der Waals surface area contributed by atoms with Crippen molar-refractivity contribution in [2.24, 2.45) is 0 Å². The van der Waals surface area contributed by atoms with Crippen LogP contribution < -0.4 is 0 Å². The molecule has 0 saturated carbocycles. The van der Waals surface area contributed by atoms with Crippen LogP contribution in [-0.4, -0.2) is 57.0 Å². The van der Waals surface area contributed by atoms with Gasteiger partial charge in [-0.15, -0.1) is 0 Å². The average molecular weight is 397 g/mol. The predicted molar refractivity (Wildman–Crippen MR) is 107 cm³/mol. The maximum absolute atomic E-state index is 12.9. The molecule has 1 N–H and O–H groups in total. The molecular formula is C22H27N3O4. The monoisotopic (exact) mass is 397 g/mol. The molecule has 29 heavy (non-hydrogen) atoms. The molecule has 1 atom stereocenters. The molecule has 7 heteroatoms. The molecule has 2 aliphatic heterocycles. The summed E-state index contributed by atoms with van der Waals surface area (Å²) in [5.74, 6) is -1.26. The number of carboxylic acid groups (broad SMARTS) is 1. The number of aromatic carboxylic acids is 1. The third kappa shape index (κ3) is 3.79. The Morgan fingerprint density at radius 2 is 2.00 bits per heavy atom. The number of amides is 1. The molecule has 1 amide bonds. The molecule has 4 rings (SSSR count). The van der Waals surface area contributed by atoms with E-state index in [1.807, 2.05) is 11.0 Å². The van der Waals surface area contributed by atoms with Gasteiger partial charge in [-0.2, -0.15) is 5.10 Å². The lowest BCUT2D eigenvalue weighted by Gasteiger charge is -2.46. The maximum Gasteiger partial charge on any atom is 0.356 e. The van der Waals surface area contributed by atoms with E-state index in [4.69, 9.17) is 9.84 Å². The third-order valence-corrected chi connectivity index (χ3v) is 6.17. The van der Waals surface area contributed by atoms with Gasteiger partial charge in [-0.05, 0) is 38.7 Å². The molecule has 1 fully saturated rings. The molecule has 0 bridgehead atoms. The first kappa shape index (κ1) is 19.6. The van der Waals surface area contributed by atoms with Gasteiger partial charge in [0, 0.05) is 31.2 Å². The maximum atomic E-state index is 12.9. The molecule has 2 aliphatic rings. The van der Waals surface area contributed by atoms with Crippen LogP contribution in [0.1, 0.15) is 59.7 Å². The highest BCUT2D eigenvalue weighted by Crippen LogP contribution is 2.44. The van der Waals surface area contributed by atoms with Crippen LogP contribution in [0.4, 0.5) is 0 Å². The van der Waals surface area contributed by atoms with Crippen LogP contribution in [0.2, 0.25) is 0 Å². The minimum atomic E-state index is -1.11. The van der Waals surface area contributed by atoms with Gasteiger partial charge >= 0.3 is 5.97 Å². The summed E-state index contributed by atoms with van der Waals surface area (Å²) in [6.07, 6.45) is 2.66. The number of carbonyl (C=O) groups is 2. The van der Waals surface area contributed by atoms with E-state index in [9.17, 15) is 9.59 Å². The Morgan fingerprint density at radius 3 is 2.69 bits per heavy atom. The van der Waals surface area contributed by atoms with E-state index in [-0.39, 0.29) is 22.6 Å². The van der Waals surface area contributed by atoms with Crippen LogP contribution in [-0.2, 0) is 16.7 Å². The van der Waals surface area contributed by atoms with Crippen LogP contribution >= 0.6 is 0 Å². The van der Waals surface area contributed by atoms with Crippen molar-refractivity contribution in [3.05, 3.63) is 53.3 Å². The van der Waals surface area contributed by atoms with Crippen molar-refractivity contribution in [2.45, 2.75) is 50.7 Å². The number of rotatable bonds is 5. The van der Waals surface area contributed by atoms with Gasteiger partial charge in [-0.3, -0.25) is 9.48 Å². The van der Waals surface area contributed by atoms with E-state index in [1.54, 1.807) is 0 Å². The molecule has 0 spiro atoms. The highest BCUT2D eigenvalue weighted by atomic mass is 16.5. The topological polar surface area (TPSA) is 84.7 Å². The molecule has 2 aromatic rings. The zero-order valence-corrected chi connectivity index (χ0v) is 16.9. The Morgan fingerprint density at radius 1 is 1.24 bits per heavy atom. The number of hydrogen-bond donors (Lipinski definition) is 1. The number of carboxylic acids is 1. The second-order valence-electron chi connectivity index (χ2n) is 8.67. The number of carbonyl (C=O) groups excluding carboxylic acids is 1. The molecular weight excluding hydrogens is 370 g/mol. The van der Waals surface area contributed by atoms with E-state index in [0.29, 0.717) is 31.9 Å². The van der Waals surface area contributed by atoms with Crippen LogP contribution in [0.15, 0.2) is 36.4 Å². The Hall–Kier alpha value is -2.67. The number of hydrogen-bond acceptors (Lipinski definition) is 4. The molecule has 0 radical (unpaired) electrons. The van der Waals surface area contributed by atoms with Gasteiger partial charge in [-0.1, -0.05) is 30.3 Å². The smallest absolute Gasteiger partial charge is 0.356 e. The van der Waals surface area contributed by atoms with E-state index in [2.05, 4.69) is 43.2 Å². The fraction of sp³-hybridized carbons (Fsp3) is 0.500. The lowest BCUT2D eigenvalue weighted by molar-refractivity contribution is -0.0850. The molecule has 3 heterocycles. The van der Waals surface area contributed by atoms with Crippen molar-refractivity contribution < 1.29 is 19.4 Å². The van der Waals surface area contributed by atoms with Crippen LogP contribution in [0, 0.1) is 0 Å². The fourth-order valence-electron chi connectivity index (χ4n) is 4.78. The van der Waals surface area contributed by atoms with Crippen molar-refractivity contribution >= 4 is 11.9 Å². The van der Waals surface area contributed by atoms with Gasteiger partial charge in [0.25, 0.3) is 5.91 Å². The number of aromatic nitrogens is 2. The summed E-state index contributed by atoms with van der Waals surface area (Å²) in [7, 11) is 0. The second kappa shape index (κ2) is 7.30. The van der Waals surface area contributed by atoms with E-state index in [1.165, 1.54) is 16.3 Å². The van der Waals surface area contributed by atoms with Crippen LogP contribution in [0.25, 0.3) is 0 Å². The first-order valence-corrected chi connectivity index (χ1v) is 10.1. The number of fused-ring (bicyclic) bond motifs is 1. The zero-order valence-electron chi connectivity index (χ0n) is 16.9. The van der Waals surface area contributed by atoms with Crippen molar-refractivity contribution in [1.82, 2.24) is 14.7 Å². The first-order chi connectivity index (χ1) is 13.8. The van der Waals surface area contributed by atoms with Crippen molar-refractivity contribution in [1.29, 1.82) is 0 Å². The largest absolute Gasteiger partial charge is 0.476 e. The number of benzene rings is 1. The normalized spacial score (nSPS) is 23.7. The summed E-state index contributed by atoms with van der Waals surface area (Å²) in [5, 5.41) is 13.2. The minimum absolute atomic E-state index is 0.0484. The Balaban J connectivity index is 1.55. The average Bonchev–Trinajstić information content (AvgIpc) is 3.13. The summed E-state index contributed by atoms with van der Waals surface area (Å²) >= 11 is 0. The number of ether oxygens (including phenoxy) is 1. The lowest BCUT2D eigenvalue weighted by Crippen LogP contribution is -2.47. The molecule has 1 saturated heterocycles. The summed E-state index contributed by atoms with van der Waals surface area (Å²) in [5.41, 5.74) is 1.30. The molecule has 1 unspecified atom stereocenters. The first-order valence-electron chi connectivity index (χ1n) is 10.1. The molecule has 1 aromatic carbocycles. The highest BCUT2D eigenvalue weighted by molar-refractivity contribution is 5.96. The Bertz CT molecular complexity index is 921. The predicted octanol–water partition coefficient (Wildman–Crippen LogP) is 2.95. The molecule has 1 aromatic heterocycles. The van der Waals surface area contributed by atoms with Crippen molar-refractivity contribution in [3.63, 3.8) is 0 Å². The Kier molecular flexibility index (Phi) is 4.94. The highest BCUT2D eigenvalue weighted by Gasteiger charge is 2.42. The van der Waals surface area contributed by atoms with Crippen LogP contribution in [0.3, 0.4) is 0 Å². The minimum Gasteiger partial charge on any atom is -0.476 e. The van der Waals surface area contributed by atoms with Gasteiger partial charge in [0.2, 0.25) is 0 Å². The van der Waals surface area contributed by atoms with Crippen molar-refractivity contribution in [3.8, 4) is 0 Å². The summed E-state index contributed by atoms with van der Waals surface area (Å²) in [4.78, 5) is 26.0. The standard InChI is InChI=1S/C22H27N3O4/c1-21(2)15-22(9-13-29-21,16-6-4-3-5-7-16)8-10-24-11-12-25-18(19(24)26)14-17(23-25)20(27)28/h3-7,14H,8-13,15H2,1-2H3,(H,27,28). The van der Waals surface area contributed by atoms with E-state index >= 15 is 0 Å². The number of nitrogens with zero attached hydrogens (tertiary/aromatic N) is 3. The van der Waals surface area contributed by atoms with Crippen molar-refractivity contribution in [2.75, 3.05) is 19.7 Å². The van der Waals surface area contributed by atoms with E-state index < -0.39 is 5.97 Å². The molecule has 0 aliphatic carbocycles. The van der Waals surface area contributed by atoms with Crippen LogP contribution in [0.5, 0.6) is 0 Å². The summed E-state index contributed by atoms with van der Waals surface area (Å²) in [6, 6.07) is 11.9. The van der Waals surface area contributed by atoms with Gasteiger partial charge in [0.05, 0.1) is 12.1 Å². The summed E-state index contributed by atoms with van der Waals surface area (Å²) in [6.45, 7) is 6.63. The summed E-state index contributed by atoms with van der Waals surface area (Å²) < 4.78 is 7.49. The quantitative estimate of drug-likeness (QED) is 0.839. The lowest BCUT2D eigenvalue weighted by atomic mass is 9.67. The Labute approximate surface area is 170 Å². The zero-order chi connectivity index (χ0) is 20.6. The van der Waals surface area contributed by atoms with Gasteiger partial charge in [-0.25, -0.2) is 4.79 Å². The SMILES string of the molecule is CC1(C)CC(CCN2CCn3nc(C(=O)O)cc3C2=O)(c2ccccc2)CCO1. The molecule has 154 valence electrons. The van der Waals surface area contributed by atoms with E-state index in [0.717, 1.165) is 19.3 Å². The third-order valence-electron chi connectivity index (χ3n) is 6.17. The van der Waals surface area contributed by atoms with Gasteiger partial charge < -0.3 is 14.7 Å². The fourth-order valence-corrected chi connectivity index (χ4v) is 4.78. The van der Waals surface area contributed by atoms with Gasteiger partial charge in [0.1, 0.15) is 5.69 Å². The second-order valence-corrected chi connectivity index (χ2v) is 8.67. The molecule has 7 nitrogen and oxygen atoms in total. The van der Waals surface area contributed by atoms with Gasteiger partial charge in [0.15, 0.2) is 5.69 Å².